The topological polar surface area (TPSA) is 84.2 Å². The molecule has 1 aromatic rings. The van der Waals surface area contributed by atoms with E-state index in [-0.39, 0.29) is 23.3 Å². The zero-order valence-electron chi connectivity index (χ0n) is 15.9. The third-order valence-corrected chi connectivity index (χ3v) is 5.04. The minimum atomic E-state index is -0.215. The van der Waals surface area contributed by atoms with Gasteiger partial charge in [0.25, 0.3) is 5.91 Å². The number of anilines is 1. The molecule has 5 nitrogen and oxygen atoms in total. The number of hydrogen-bond acceptors (Lipinski definition) is 3. The van der Waals surface area contributed by atoms with Crippen LogP contribution in [0, 0.1) is 11.3 Å². The first-order valence-corrected chi connectivity index (χ1v) is 9.68. The zero-order chi connectivity index (χ0) is 19.3. The molecule has 2 rings (SSSR count). The minimum absolute atomic E-state index is 0.0801. The predicted molar refractivity (Wildman–Crippen MR) is 106 cm³/mol. The molecular weight excluding hydrogens is 350 g/mol. The number of carbonyl (C=O) groups excluding carboxylic acids is 2. The number of amides is 2. The van der Waals surface area contributed by atoms with Crippen LogP contribution in [0.25, 0.3) is 0 Å². The van der Waals surface area contributed by atoms with E-state index in [0.717, 1.165) is 25.7 Å². The van der Waals surface area contributed by atoms with Crippen LogP contribution in [-0.4, -0.2) is 24.4 Å². The monoisotopic (exact) mass is 379 g/mol. The molecule has 0 aliphatic heterocycles. The molecule has 1 aliphatic carbocycles. The highest BCUT2D eigenvalue weighted by molar-refractivity contribution is 6.34. The molecular formula is C20H30ClN3O2. The van der Waals surface area contributed by atoms with Crippen molar-refractivity contribution in [3.8, 4) is 0 Å². The number of nitrogens with one attached hydrogen (secondary N) is 2. The maximum absolute atomic E-state index is 12.7. The van der Waals surface area contributed by atoms with Gasteiger partial charge in [0.1, 0.15) is 0 Å². The van der Waals surface area contributed by atoms with E-state index >= 15 is 0 Å². The first-order valence-electron chi connectivity index (χ1n) is 9.30. The minimum Gasteiger partial charge on any atom is -0.349 e. The Balaban J connectivity index is 2.08. The Kier molecular flexibility index (Phi) is 7.07. The van der Waals surface area contributed by atoms with Gasteiger partial charge in [-0.1, -0.05) is 45.2 Å². The fraction of sp³-hybridized carbons (Fsp3) is 0.600. The van der Waals surface area contributed by atoms with Gasteiger partial charge in [-0.2, -0.15) is 0 Å². The van der Waals surface area contributed by atoms with Crippen molar-refractivity contribution < 1.29 is 9.59 Å². The van der Waals surface area contributed by atoms with Crippen LogP contribution in [0.3, 0.4) is 0 Å². The van der Waals surface area contributed by atoms with Crippen molar-refractivity contribution in [2.45, 2.75) is 58.9 Å². The molecule has 144 valence electrons. The van der Waals surface area contributed by atoms with Gasteiger partial charge in [0.05, 0.1) is 10.6 Å². The van der Waals surface area contributed by atoms with Gasteiger partial charge in [-0.15, -0.1) is 0 Å². The van der Waals surface area contributed by atoms with Gasteiger partial charge in [-0.25, -0.2) is 0 Å². The van der Waals surface area contributed by atoms with Gasteiger partial charge < -0.3 is 16.4 Å². The van der Waals surface area contributed by atoms with Crippen molar-refractivity contribution in [1.29, 1.82) is 0 Å². The lowest BCUT2D eigenvalue weighted by Crippen LogP contribution is -2.44. The Morgan fingerprint density at radius 1 is 1.23 bits per heavy atom. The molecule has 0 saturated heterocycles. The van der Waals surface area contributed by atoms with Crippen LogP contribution in [0.2, 0.25) is 5.02 Å². The van der Waals surface area contributed by atoms with Crippen molar-refractivity contribution >= 4 is 29.1 Å². The predicted octanol–water partition coefficient (Wildman–Crippen LogP) is 3.96. The molecule has 0 heterocycles. The summed E-state index contributed by atoms with van der Waals surface area (Å²) in [4.78, 5) is 24.8. The van der Waals surface area contributed by atoms with Gasteiger partial charge in [0.2, 0.25) is 5.91 Å². The van der Waals surface area contributed by atoms with Crippen molar-refractivity contribution in [1.82, 2.24) is 5.32 Å². The van der Waals surface area contributed by atoms with E-state index in [0.29, 0.717) is 35.2 Å². The normalized spacial score (nSPS) is 20.5. The van der Waals surface area contributed by atoms with Crippen LogP contribution in [0.1, 0.15) is 63.2 Å². The van der Waals surface area contributed by atoms with E-state index in [1.807, 2.05) is 20.8 Å². The number of hydrogen-bond donors (Lipinski definition) is 3. The smallest absolute Gasteiger partial charge is 0.253 e. The lowest BCUT2D eigenvalue weighted by atomic mass is 9.84. The molecule has 2 atom stereocenters. The molecule has 0 spiro atoms. The summed E-state index contributed by atoms with van der Waals surface area (Å²) in [6.45, 7) is 6.59. The number of rotatable bonds is 5. The number of nitrogens with two attached hydrogens (primary N) is 1. The Bertz CT molecular complexity index is 655. The lowest BCUT2D eigenvalue weighted by molar-refractivity contribution is -0.117. The largest absolute Gasteiger partial charge is 0.349 e. The van der Waals surface area contributed by atoms with Crippen LogP contribution in [0.15, 0.2) is 18.2 Å². The van der Waals surface area contributed by atoms with E-state index in [9.17, 15) is 9.59 Å². The quantitative estimate of drug-likeness (QED) is 0.723. The number of benzene rings is 1. The van der Waals surface area contributed by atoms with Crippen molar-refractivity contribution in [2.24, 2.45) is 17.1 Å². The highest BCUT2D eigenvalue weighted by Gasteiger charge is 2.26. The summed E-state index contributed by atoms with van der Waals surface area (Å²) >= 11 is 6.22. The van der Waals surface area contributed by atoms with Crippen LogP contribution < -0.4 is 16.4 Å². The molecule has 1 aromatic carbocycles. The summed E-state index contributed by atoms with van der Waals surface area (Å²) in [7, 11) is 0. The third kappa shape index (κ3) is 5.99. The van der Waals surface area contributed by atoms with Crippen LogP contribution in [-0.2, 0) is 4.79 Å². The molecule has 1 aliphatic rings. The summed E-state index contributed by atoms with van der Waals surface area (Å²) in [5.41, 5.74) is 6.69. The second-order valence-corrected chi connectivity index (χ2v) is 8.75. The summed E-state index contributed by atoms with van der Waals surface area (Å²) in [5.74, 6) is 0.00933. The average Bonchev–Trinajstić information content (AvgIpc) is 2.55. The van der Waals surface area contributed by atoms with Crippen molar-refractivity contribution in [3.05, 3.63) is 28.8 Å². The van der Waals surface area contributed by atoms with E-state index < -0.39 is 0 Å². The molecule has 0 aromatic heterocycles. The van der Waals surface area contributed by atoms with E-state index in [4.69, 9.17) is 17.3 Å². The summed E-state index contributed by atoms with van der Waals surface area (Å²) in [5, 5.41) is 6.30. The van der Waals surface area contributed by atoms with Gasteiger partial charge in [0.15, 0.2) is 0 Å². The molecule has 1 saturated carbocycles. The second-order valence-electron chi connectivity index (χ2n) is 8.34. The van der Waals surface area contributed by atoms with Crippen molar-refractivity contribution in [3.63, 3.8) is 0 Å². The standard InChI is InChI=1S/C20H30ClN3O2/c1-20(2,3)11-18(25)23-14-8-9-16(21)15(10-14)19(26)24-17-7-5-4-6-13(17)12-22/h8-10,13,17H,4-7,11-12,22H2,1-3H3,(H,23,25)(H,24,26). The summed E-state index contributed by atoms with van der Waals surface area (Å²) in [6.07, 6.45) is 4.63. The van der Waals surface area contributed by atoms with Crippen molar-refractivity contribution in [2.75, 3.05) is 11.9 Å². The maximum Gasteiger partial charge on any atom is 0.253 e. The summed E-state index contributed by atoms with van der Waals surface area (Å²) < 4.78 is 0. The highest BCUT2D eigenvalue weighted by Crippen LogP contribution is 2.26. The molecule has 1 fully saturated rings. The molecule has 4 N–H and O–H groups in total. The van der Waals surface area contributed by atoms with Crippen LogP contribution >= 0.6 is 11.6 Å². The average molecular weight is 380 g/mol. The molecule has 2 amide bonds. The number of halogens is 1. The molecule has 6 heteroatoms. The fourth-order valence-electron chi connectivity index (χ4n) is 3.39. The van der Waals surface area contributed by atoms with Gasteiger partial charge in [-0.05, 0) is 48.9 Å². The fourth-order valence-corrected chi connectivity index (χ4v) is 3.59. The molecule has 0 bridgehead atoms. The Morgan fingerprint density at radius 3 is 2.58 bits per heavy atom. The van der Waals surface area contributed by atoms with Gasteiger partial charge in [0, 0.05) is 18.2 Å². The van der Waals surface area contributed by atoms with E-state index in [1.54, 1.807) is 18.2 Å². The number of carbonyl (C=O) groups is 2. The Morgan fingerprint density at radius 2 is 1.92 bits per heavy atom. The third-order valence-electron chi connectivity index (χ3n) is 4.71. The lowest BCUT2D eigenvalue weighted by Gasteiger charge is -2.31. The van der Waals surface area contributed by atoms with Crippen LogP contribution in [0.4, 0.5) is 5.69 Å². The highest BCUT2D eigenvalue weighted by atomic mass is 35.5. The first-order chi connectivity index (χ1) is 12.2. The molecule has 2 unspecified atom stereocenters. The van der Waals surface area contributed by atoms with E-state index in [2.05, 4.69) is 10.6 Å². The van der Waals surface area contributed by atoms with E-state index in [1.165, 1.54) is 0 Å². The maximum atomic E-state index is 12.7. The summed E-state index contributed by atoms with van der Waals surface area (Å²) in [6, 6.07) is 5.07. The zero-order valence-corrected chi connectivity index (χ0v) is 16.7. The Hall–Kier alpha value is -1.59. The molecule has 26 heavy (non-hydrogen) atoms. The first kappa shape index (κ1) is 20.7. The van der Waals surface area contributed by atoms with Gasteiger partial charge in [-0.3, -0.25) is 9.59 Å². The van der Waals surface area contributed by atoms with Gasteiger partial charge >= 0.3 is 0 Å². The second kappa shape index (κ2) is 8.87. The van der Waals surface area contributed by atoms with Crippen LogP contribution in [0.5, 0.6) is 0 Å². The molecule has 0 radical (unpaired) electrons. The Labute approximate surface area is 161 Å². The SMILES string of the molecule is CC(C)(C)CC(=O)Nc1ccc(Cl)c(C(=O)NC2CCCCC2CN)c1.